The zero-order valence-electron chi connectivity index (χ0n) is 8.51. The van der Waals surface area contributed by atoms with Gasteiger partial charge in [-0.1, -0.05) is 5.56 Å². The number of hydrogen-bond donors (Lipinski definition) is 1. The summed E-state index contributed by atoms with van der Waals surface area (Å²) in [4.78, 5) is 11.3. The van der Waals surface area contributed by atoms with Crippen LogP contribution in [-0.2, 0) is 0 Å². The maximum Gasteiger partial charge on any atom is 2.00 e. The summed E-state index contributed by atoms with van der Waals surface area (Å²) < 4.78 is 27.4. The van der Waals surface area contributed by atoms with Crippen LogP contribution in [0.1, 0.15) is 10.4 Å². The first-order valence-electron chi connectivity index (χ1n) is 4.19. The predicted octanol–water partition coefficient (Wildman–Crippen LogP) is 1.65. The molecule has 0 aliphatic carbocycles. The fraction of sp³-hybridized carbons (Fsp3) is 0.200. The molecule has 0 bridgehead atoms. The molecule has 0 aliphatic rings. The van der Waals surface area contributed by atoms with Crippen molar-refractivity contribution in [1.29, 1.82) is 0 Å². The molecule has 0 heterocycles. The monoisotopic (exact) mass is 451 g/mol. The van der Waals surface area contributed by atoms with Crippen LogP contribution in [0.4, 0.5) is 8.78 Å². The second-order valence-electron chi connectivity index (χ2n) is 2.72. The summed E-state index contributed by atoms with van der Waals surface area (Å²) in [5.41, 5.74) is 0.399. The third-order valence-corrected chi connectivity index (χ3v) is 1.63. The first-order valence-corrected chi connectivity index (χ1v) is 4.19. The van der Waals surface area contributed by atoms with Gasteiger partial charge in [-0.15, -0.1) is 12.1 Å². The average Bonchev–Trinajstić information content (AvgIpc) is 2.18. The van der Waals surface area contributed by atoms with E-state index in [0.717, 1.165) is 0 Å². The molecule has 0 aromatic heterocycles. The first kappa shape index (κ1) is 15.6. The van der Waals surface area contributed by atoms with Crippen molar-refractivity contribution in [2.75, 3.05) is 13.6 Å². The van der Waals surface area contributed by atoms with E-state index in [2.05, 4.69) is 16.1 Å². The number of benzene rings is 1. The Hall–Kier alpha value is -0.438. The number of ether oxygens (including phenoxy) is 1. The van der Waals surface area contributed by atoms with E-state index in [1.807, 2.05) is 0 Å². The molecule has 0 saturated heterocycles. The number of hydrogen-bond acceptors (Lipinski definition) is 3. The van der Waals surface area contributed by atoms with Gasteiger partial charge in [-0.05, 0) is 12.8 Å². The van der Waals surface area contributed by atoms with Crippen molar-refractivity contribution in [1.82, 2.24) is 5.32 Å². The molecule has 1 rings (SSSR count). The molecule has 0 amide bonds. The molecule has 0 spiro atoms. The topological polar surface area (TPSA) is 38.3 Å². The van der Waals surface area contributed by atoms with Gasteiger partial charge in [-0.3, -0.25) is 0 Å². The van der Waals surface area contributed by atoms with Crippen molar-refractivity contribution >= 4 is 5.78 Å². The summed E-state index contributed by atoms with van der Waals surface area (Å²) in [5.74, 6) is -0.249. The van der Waals surface area contributed by atoms with E-state index in [1.54, 1.807) is 7.05 Å². The molecule has 1 aromatic carbocycles. The van der Waals surface area contributed by atoms with Gasteiger partial charge >= 0.3 is 31.1 Å². The van der Waals surface area contributed by atoms with Crippen LogP contribution in [0.25, 0.3) is 0 Å². The van der Waals surface area contributed by atoms with E-state index in [0.29, 0.717) is 5.56 Å². The molecule has 16 heavy (non-hydrogen) atoms. The van der Waals surface area contributed by atoms with Crippen LogP contribution in [0.5, 0.6) is 5.75 Å². The van der Waals surface area contributed by atoms with Crippen LogP contribution >= 0.6 is 0 Å². The molecular weight excluding hydrogens is 442 g/mol. The molecular formula is C10H9F2NO2U. The Labute approximate surface area is 116 Å². The van der Waals surface area contributed by atoms with Crippen molar-refractivity contribution in [3.05, 3.63) is 36.4 Å². The van der Waals surface area contributed by atoms with Crippen molar-refractivity contribution in [3.63, 3.8) is 0 Å². The summed E-state index contributed by atoms with van der Waals surface area (Å²) in [6.45, 7) is -1.96. The van der Waals surface area contributed by atoms with Crippen LogP contribution in [0.2, 0.25) is 0 Å². The zero-order chi connectivity index (χ0) is 11.3. The van der Waals surface area contributed by atoms with Crippen LogP contribution < -0.4 is 10.1 Å². The van der Waals surface area contributed by atoms with Crippen LogP contribution in [0.3, 0.4) is 0 Å². The van der Waals surface area contributed by atoms with Crippen molar-refractivity contribution < 1.29 is 49.4 Å². The number of rotatable bonds is 5. The second-order valence-corrected chi connectivity index (χ2v) is 2.72. The number of nitrogens with one attached hydrogen (secondary N) is 1. The summed E-state index contributed by atoms with van der Waals surface area (Å²) in [6.07, 6.45) is 0. The number of likely N-dealkylation sites (N-methyl/N-ethyl adjacent to an activating group) is 1. The van der Waals surface area contributed by atoms with Crippen molar-refractivity contribution in [2.24, 2.45) is 0 Å². The van der Waals surface area contributed by atoms with Crippen LogP contribution in [-0.4, -0.2) is 19.4 Å². The van der Waals surface area contributed by atoms with Crippen LogP contribution in [0, 0.1) is 43.8 Å². The summed E-state index contributed by atoms with van der Waals surface area (Å²) in [6, 6.07) is 6.43. The van der Waals surface area contributed by atoms with Gasteiger partial charge in [0.2, 0.25) is 0 Å². The molecule has 0 radical (unpaired) electrons. The van der Waals surface area contributed by atoms with Gasteiger partial charge in [0.25, 0.3) is 0 Å². The first-order chi connectivity index (χ1) is 7.13. The summed E-state index contributed by atoms with van der Waals surface area (Å²) >= 11 is 0. The minimum atomic E-state index is -2.15. The molecule has 0 unspecified atom stereocenters. The van der Waals surface area contributed by atoms with E-state index in [9.17, 15) is 13.6 Å². The number of ketones is 1. The third kappa shape index (κ3) is 5.06. The second kappa shape index (κ2) is 7.77. The average molecular weight is 451 g/mol. The molecule has 84 valence electrons. The Kier molecular flexibility index (Phi) is 7.56. The predicted molar refractivity (Wildman–Crippen MR) is 49.6 cm³/mol. The fourth-order valence-electron chi connectivity index (χ4n) is 0.993. The fourth-order valence-corrected chi connectivity index (χ4v) is 0.993. The normalized spacial score (nSPS) is 9.75. The molecule has 3 nitrogen and oxygen atoms in total. The molecule has 0 atom stereocenters. The van der Waals surface area contributed by atoms with E-state index in [4.69, 9.17) is 0 Å². The minimum Gasteiger partial charge on any atom is -0.618 e. The number of carbonyl (C=O) groups excluding carboxylic acids is 1. The van der Waals surface area contributed by atoms with Gasteiger partial charge in [-0.2, -0.15) is 12.1 Å². The Morgan fingerprint density at radius 3 is 2.69 bits per heavy atom. The quantitative estimate of drug-likeness (QED) is 0.547. The largest absolute Gasteiger partial charge is 2.00 e. The Bertz CT molecular complexity index is 330. The van der Waals surface area contributed by atoms with Gasteiger partial charge in [0.15, 0.2) is 6.61 Å². The molecule has 1 aromatic rings. The van der Waals surface area contributed by atoms with E-state index >= 15 is 0 Å². The molecule has 0 fully saturated rings. The molecule has 6 heteroatoms. The third-order valence-electron chi connectivity index (χ3n) is 1.63. The number of Topliss-reactive ketones (excluding diaryl/α,β-unsaturated/α-hetero) is 1. The van der Waals surface area contributed by atoms with Gasteiger partial charge in [0.05, 0.1) is 0 Å². The van der Waals surface area contributed by atoms with E-state index in [-0.39, 0.29) is 49.2 Å². The van der Waals surface area contributed by atoms with Gasteiger partial charge in [-0.25, -0.2) is 0 Å². The number of carbonyl (C=O) groups is 1. The van der Waals surface area contributed by atoms with Crippen molar-refractivity contribution in [2.45, 2.75) is 0 Å². The standard InChI is InChI=1S/C10H9F2NO2.U/c1-13-6-9(14)7-2-4-8(5-3-7)15-10(11)12;/h2-4,13H,6H2,1H3;/q-2;+2. The maximum absolute atomic E-state index is 11.7. The van der Waals surface area contributed by atoms with Crippen LogP contribution in [0.15, 0.2) is 18.2 Å². The van der Waals surface area contributed by atoms with Gasteiger partial charge in [0, 0.05) is 6.54 Å². The summed E-state index contributed by atoms with van der Waals surface area (Å²) in [7, 11) is 1.65. The van der Waals surface area contributed by atoms with E-state index < -0.39 is 6.61 Å². The van der Waals surface area contributed by atoms with Gasteiger partial charge < -0.3 is 23.6 Å². The Morgan fingerprint density at radius 1 is 1.56 bits per heavy atom. The Balaban J connectivity index is 0.00000225. The Morgan fingerprint density at radius 2 is 2.25 bits per heavy atom. The summed E-state index contributed by atoms with van der Waals surface area (Å²) in [5, 5.41) is 2.69. The van der Waals surface area contributed by atoms with Crippen molar-refractivity contribution in [3.8, 4) is 5.75 Å². The molecule has 0 aliphatic heterocycles. The van der Waals surface area contributed by atoms with E-state index in [1.165, 1.54) is 18.2 Å². The zero-order valence-corrected chi connectivity index (χ0v) is 12.7. The molecule has 1 N–H and O–H groups in total. The SMILES string of the molecule is CNCC(=O)c1c[c-]c(O[C-](F)F)cc1.[U+2]. The van der Waals surface area contributed by atoms with Gasteiger partial charge in [0.1, 0.15) is 5.78 Å². The smallest absolute Gasteiger partial charge is 0.618 e. The minimum absolute atomic E-state index is 0. The molecule has 0 saturated carbocycles. The maximum atomic E-state index is 11.7. The number of halogens is 2.